The summed E-state index contributed by atoms with van der Waals surface area (Å²) in [5, 5.41) is 2.80. The van der Waals surface area contributed by atoms with Crippen LogP contribution in [0.4, 0.5) is 5.69 Å². The van der Waals surface area contributed by atoms with Gasteiger partial charge in [-0.05, 0) is 60.1 Å². The lowest BCUT2D eigenvalue weighted by atomic mass is 9.89. The molecule has 1 aliphatic rings. The number of rotatable bonds is 7. The van der Waals surface area contributed by atoms with E-state index in [0.29, 0.717) is 6.42 Å². The molecular weight excluding hydrogens is 384 g/mol. The van der Waals surface area contributed by atoms with Crippen molar-refractivity contribution in [3.05, 3.63) is 60.2 Å². The SMILES string of the molecule is CCCS(=O)(=O)NC1CCCC=C1c1ccc(-c2cccc(NC(C)=O)c2)cc1. The molecule has 3 rings (SSSR count). The minimum atomic E-state index is -3.26. The number of nitrogens with one attached hydrogen (secondary N) is 2. The third-order valence-electron chi connectivity index (χ3n) is 4.97. The summed E-state index contributed by atoms with van der Waals surface area (Å²) in [6, 6.07) is 15.7. The molecule has 0 fully saturated rings. The van der Waals surface area contributed by atoms with E-state index >= 15 is 0 Å². The number of carbonyl (C=O) groups excluding carboxylic acids is 1. The molecule has 2 aromatic carbocycles. The van der Waals surface area contributed by atoms with Crippen molar-refractivity contribution in [2.75, 3.05) is 11.1 Å². The molecule has 1 unspecified atom stereocenters. The minimum absolute atomic E-state index is 0.0988. The quantitative estimate of drug-likeness (QED) is 0.699. The highest BCUT2D eigenvalue weighted by molar-refractivity contribution is 7.89. The summed E-state index contributed by atoms with van der Waals surface area (Å²) in [6.07, 6.45) is 5.51. The summed E-state index contributed by atoms with van der Waals surface area (Å²) >= 11 is 0. The van der Waals surface area contributed by atoms with E-state index in [9.17, 15) is 13.2 Å². The van der Waals surface area contributed by atoms with Crippen molar-refractivity contribution in [1.82, 2.24) is 4.72 Å². The number of allylic oxidation sites excluding steroid dienone is 1. The van der Waals surface area contributed by atoms with Crippen LogP contribution in [-0.2, 0) is 14.8 Å². The van der Waals surface area contributed by atoms with Gasteiger partial charge in [0.15, 0.2) is 0 Å². The second-order valence-corrected chi connectivity index (χ2v) is 9.29. The number of hydrogen-bond donors (Lipinski definition) is 2. The molecule has 0 aromatic heterocycles. The molecule has 154 valence electrons. The van der Waals surface area contributed by atoms with Gasteiger partial charge in [-0.3, -0.25) is 4.79 Å². The van der Waals surface area contributed by atoms with E-state index in [1.165, 1.54) is 6.92 Å². The Labute approximate surface area is 173 Å². The van der Waals surface area contributed by atoms with Crippen LogP contribution in [0.2, 0.25) is 0 Å². The summed E-state index contributed by atoms with van der Waals surface area (Å²) in [5.41, 5.74) is 4.91. The van der Waals surface area contributed by atoms with Crippen molar-refractivity contribution in [2.45, 2.75) is 45.6 Å². The van der Waals surface area contributed by atoms with Crippen LogP contribution in [0.25, 0.3) is 16.7 Å². The molecule has 0 saturated carbocycles. The van der Waals surface area contributed by atoms with Crippen LogP contribution in [-0.4, -0.2) is 26.1 Å². The first kappa shape index (κ1) is 21.3. The minimum Gasteiger partial charge on any atom is -0.326 e. The van der Waals surface area contributed by atoms with E-state index in [0.717, 1.165) is 47.2 Å². The van der Waals surface area contributed by atoms with E-state index in [4.69, 9.17) is 0 Å². The second-order valence-electron chi connectivity index (χ2n) is 7.42. The molecule has 1 aliphatic carbocycles. The lowest BCUT2D eigenvalue weighted by molar-refractivity contribution is -0.114. The van der Waals surface area contributed by atoms with Gasteiger partial charge in [0.25, 0.3) is 0 Å². The predicted octanol–water partition coefficient (Wildman–Crippen LogP) is 4.58. The van der Waals surface area contributed by atoms with Gasteiger partial charge < -0.3 is 5.32 Å². The van der Waals surface area contributed by atoms with Gasteiger partial charge in [0.05, 0.1) is 5.75 Å². The molecule has 0 radical (unpaired) electrons. The normalized spacial score (nSPS) is 16.9. The Morgan fingerprint density at radius 3 is 2.48 bits per heavy atom. The van der Waals surface area contributed by atoms with Gasteiger partial charge in [-0.25, -0.2) is 13.1 Å². The summed E-state index contributed by atoms with van der Waals surface area (Å²) in [6.45, 7) is 3.36. The van der Waals surface area contributed by atoms with Crippen molar-refractivity contribution in [3.63, 3.8) is 0 Å². The fourth-order valence-corrected chi connectivity index (χ4v) is 5.03. The maximum absolute atomic E-state index is 12.3. The maximum atomic E-state index is 12.3. The van der Waals surface area contributed by atoms with E-state index in [1.54, 1.807) is 0 Å². The largest absolute Gasteiger partial charge is 0.326 e. The molecule has 0 heterocycles. The molecule has 0 aliphatic heterocycles. The lowest BCUT2D eigenvalue weighted by Gasteiger charge is -2.25. The first-order valence-electron chi connectivity index (χ1n) is 10.1. The fraction of sp³-hybridized carbons (Fsp3) is 0.348. The summed E-state index contributed by atoms with van der Waals surface area (Å²) in [4.78, 5) is 11.3. The van der Waals surface area contributed by atoms with Gasteiger partial charge >= 0.3 is 0 Å². The first-order chi connectivity index (χ1) is 13.9. The number of hydrogen-bond acceptors (Lipinski definition) is 3. The van der Waals surface area contributed by atoms with Crippen LogP contribution in [0.15, 0.2) is 54.6 Å². The summed E-state index contributed by atoms with van der Waals surface area (Å²) in [5.74, 6) is 0.0543. The third kappa shape index (κ3) is 5.78. The van der Waals surface area contributed by atoms with E-state index in [1.807, 2.05) is 55.5 Å². The standard InChI is InChI=1S/C23H28N2O3S/c1-3-15-29(27,28)25-23-10-5-4-9-22(23)19-13-11-18(12-14-19)20-7-6-8-21(16-20)24-17(2)26/h6-9,11-14,16,23,25H,3-5,10,15H2,1-2H3,(H,24,26). The zero-order valence-corrected chi connectivity index (χ0v) is 17.8. The number of amides is 1. The van der Waals surface area contributed by atoms with Gasteiger partial charge in [-0.15, -0.1) is 0 Å². The number of benzene rings is 2. The summed E-state index contributed by atoms with van der Waals surface area (Å²) in [7, 11) is -3.26. The van der Waals surface area contributed by atoms with Crippen molar-refractivity contribution >= 4 is 27.2 Å². The molecule has 1 amide bonds. The zero-order chi connectivity index (χ0) is 20.9. The maximum Gasteiger partial charge on any atom is 0.221 e. The Hall–Kier alpha value is -2.44. The molecule has 2 aromatic rings. The predicted molar refractivity (Wildman–Crippen MR) is 119 cm³/mol. The Morgan fingerprint density at radius 1 is 1.07 bits per heavy atom. The Kier molecular flexibility index (Phi) is 6.87. The highest BCUT2D eigenvalue weighted by atomic mass is 32.2. The molecule has 2 N–H and O–H groups in total. The topological polar surface area (TPSA) is 75.3 Å². The molecule has 0 saturated heterocycles. The van der Waals surface area contributed by atoms with Crippen molar-refractivity contribution in [3.8, 4) is 11.1 Å². The average molecular weight is 413 g/mol. The van der Waals surface area contributed by atoms with Crippen molar-refractivity contribution in [1.29, 1.82) is 0 Å². The van der Waals surface area contributed by atoms with Crippen LogP contribution < -0.4 is 10.0 Å². The van der Waals surface area contributed by atoms with Gasteiger partial charge in [-0.1, -0.05) is 49.4 Å². The lowest BCUT2D eigenvalue weighted by Crippen LogP contribution is -2.38. The van der Waals surface area contributed by atoms with E-state index in [2.05, 4.69) is 16.1 Å². The van der Waals surface area contributed by atoms with Gasteiger partial charge in [0, 0.05) is 18.7 Å². The van der Waals surface area contributed by atoms with Crippen LogP contribution in [0.3, 0.4) is 0 Å². The smallest absolute Gasteiger partial charge is 0.221 e. The Morgan fingerprint density at radius 2 is 1.79 bits per heavy atom. The molecule has 1 atom stereocenters. The molecule has 6 heteroatoms. The number of anilines is 1. The summed E-state index contributed by atoms with van der Waals surface area (Å²) < 4.78 is 27.4. The van der Waals surface area contributed by atoms with Crippen LogP contribution in [0.5, 0.6) is 0 Å². The molecule has 0 spiro atoms. The monoisotopic (exact) mass is 412 g/mol. The molecular formula is C23H28N2O3S. The van der Waals surface area contributed by atoms with E-state index < -0.39 is 10.0 Å². The number of carbonyl (C=O) groups is 1. The van der Waals surface area contributed by atoms with Crippen LogP contribution in [0, 0.1) is 0 Å². The van der Waals surface area contributed by atoms with Gasteiger partial charge in [0.2, 0.25) is 15.9 Å². The van der Waals surface area contributed by atoms with Gasteiger partial charge in [0.1, 0.15) is 0 Å². The highest BCUT2D eigenvalue weighted by Gasteiger charge is 2.23. The van der Waals surface area contributed by atoms with Crippen LogP contribution in [0.1, 0.15) is 45.1 Å². The Balaban J connectivity index is 1.81. The fourth-order valence-electron chi connectivity index (χ4n) is 3.70. The second kappa shape index (κ2) is 9.37. The van der Waals surface area contributed by atoms with Crippen molar-refractivity contribution < 1.29 is 13.2 Å². The molecule has 29 heavy (non-hydrogen) atoms. The number of sulfonamides is 1. The van der Waals surface area contributed by atoms with Gasteiger partial charge in [-0.2, -0.15) is 0 Å². The zero-order valence-electron chi connectivity index (χ0n) is 16.9. The Bertz CT molecular complexity index is 995. The average Bonchev–Trinajstić information content (AvgIpc) is 2.68. The molecule has 0 bridgehead atoms. The first-order valence-corrected chi connectivity index (χ1v) is 11.7. The third-order valence-corrected chi connectivity index (χ3v) is 6.56. The highest BCUT2D eigenvalue weighted by Crippen LogP contribution is 2.30. The van der Waals surface area contributed by atoms with Crippen molar-refractivity contribution in [2.24, 2.45) is 0 Å². The van der Waals surface area contributed by atoms with E-state index in [-0.39, 0.29) is 17.7 Å². The van der Waals surface area contributed by atoms with Crippen LogP contribution >= 0.6 is 0 Å². The molecule has 5 nitrogen and oxygen atoms in total.